The summed E-state index contributed by atoms with van der Waals surface area (Å²) in [6, 6.07) is 22.8. The van der Waals surface area contributed by atoms with E-state index in [9.17, 15) is 9.59 Å². The van der Waals surface area contributed by atoms with E-state index in [0.717, 1.165) is 32.1 Å². The maximum absolute atomic E-state index is 12.0. The van der Waals surface area contributed by atoms with Crippen LogP contribution in [0.3, 0.4) is 0 Å². The second-order valence-corrected chi connectivity index (χ2v) is 12.7. The highest BCUT2D eigenvalue weighted by Crippen LogP contribution is 2.41. The molecule has 5 nitrogen and oxygen atoms in total. The van der Waals surface area contributed by atoms with Crippen LogP contribution in [0.5, 0.6) is 0 Å². The summed E-state index contributed by atoms with van der Waals surface area (Å²) in [6.07, 6.45) is 10.7. The zero-order valence-corrected chi connectivity index (χ0v) is 27.2. The van der Waals surface area contributed by atoms with Crippen molar-refractivity contribution in [3.63, 3.8) is 0 Å². The Morgan fingerprint density at radius 2 is 1.44 bits per heavy atom. The number of unbranched alkanes of at least 4 members (excludes halogenated alkanes) is 2. The molecule has 0 saturated heterocycles. The van der Waals surface area contributed by atoms with Crippen LogP contribution >= 0.6 is 0 Å². The molecule has 1 N–H and O–H groups in total. The summed E-state index contributed by atoms with van der Waals surface area (Å²) in [5.74, 6) is 0.304. The first kappa shape index (κ1) is 34.2. The number of hydrogen-bond acceptors (Lipinski definition) is 5. The van der Waals surface area contributed by atoms with E-state index >= 15 is 0 Å². The van der Waals surface area contributed by atoms with Crippen molar-refractivity contribution in [2.45, 2.75) is 84.0 Å². The molecule has 1 aliphatic rings. The molecule has 0 bridgehead atoms. The van der Waals surface area contributed by atoms with E-state index in [-0.39, 0.29) is 24.1 Å². The summed E-state index contributed by atoms with van der Waals surface area (Å²) in [5, 5.41) is 11.7. The number of ether oxygens (including phenoxy) is 2. The normalized spacial score (nSPS) is 17.0. The fraction of sp³-hybridized carbons (Fsp3) is 0.450. The molecule has 1 saturated carbocycles. The van der Waals surface area contributed by atoms with Gasteiger partial charge in [0, 0.05) is 5.57 Å². The molecular weight excluding hydrogens is 560 g/mol. The van der Waals surface area contributed by atoms with Crippen molar-refractivity contribution < 1.29 is 24.2 Å². The zero-order chi connectivity index (χ0) is 32.2. The van der Waals surface area contributed by atoms with Crippen molar-refractivity contribution in [3.8, 4) is 11.1 Å². The minimum absolute atomic E-state index is 0.0564. The van der Waals surface area contributed by atoms with Gasteiger partial charge in [-0.2, -0.15) is 0 Å². The molecule has 3 aromatic carbocycles. The fourth-order valence-corrected chi connectivity index (χ4v) is 6.58. The van der Waals surface area contributed by atoms with Crippen molar-refractivity contribution >= 4 is 22.7 Å². The molecule has 1 atom stereocenters. The molecule has 4 rings (SSSR count). The van der Waals surface area contributed by atoms with Gasteiger partial charge in [0.2, 0.25) is 0 Å². The molecule has 240 valence electrons. The second-order valence-electron chi connectivity index (χ2n) is 12.7. The van der Waals surface area contributed by atoms with E-state index in [1.54, 1.807) is 6.92 Å². The Kier molecular flexibility index (Phi) is 13.0. The summed E-state index contributed by atoms with van der Waals surface area (Å²) in [7, 11) is 0. The SMILES string of the molecule is C=C(C)C(=O)OCCC(CCOC(=O)C(=C)CO)C1CCC(c2ccc3cc(-c4ccc(CCCCC)cc4)ccc3c2)CC1. The minimum atomic E-state index is -0.562. The van der Waals surface area contributed by atoms with Gasteiger partial charge in [0.25, 0.3) is 0 Å². The summed E-state index contributed by atoms with van der Waals surface area (Å²) in [6.45, 7) is 11.3. The molecule has 45 heavy (non-hydrogen) atoms. The Labute approximate surface area is 269 Å². The van der Waals surface area contributed by atoms with Crippen LogP contribution in [0.25, 0.3) is 21.9 Å². The number of aryl methyl sites for hydroxylation is 1. The van der Waals surface area contributed by atoms with Crippen LogP contribution in [0.1, 0.15) is 88.7 Å². The topological polar surface area (TPSA) is 72.8 Å². The Morgan fingerprint density at radius 3 is 2.09 bits per heavy atom. The number of carbonyl (C=O) groups excluding carboxylic acids is 2. The number of aliphatic hydroxyl groups excluding tert-OH is 1. The van der Waals surface area contributed by atoms with Gasteiger partial charge in [-0.05, 0) is 115 Å². The van der Waals surface area contributed by atoms with E-state index in [4.69, 9.17) is 14.6 Å². The molecule has 1 aliphatic carbocycles. The van der Waals surface area contributed by atoms with Gasteiger partial charge in [0.15, 0.2) is 0 Å². The Balaban J connectivity index is 1.36. The Hall–Kier alpha value is -3.70. The van der Waals surface area contributed by atoms with E-state index < -0.39 is 12.6 Å². The first-order valence-corrected chi connectivity index (χ1v) is 16.7. The zero-order valence-electron chi connectivity index (χ0n) is 27.2. The number of esters is 2. The molecule has 5 heteroatoms. The van der Waals surface area contributed by atoms with Gasteiger partial charge in [-0.1, -0.05) is 87.5 Å². The van der Waals surface area contributed by atoms with Crippen molar-refractivity contribution in [3.05, 3.63) is 96.1 Å². The quantitative estimate of drug-likeness (QED) is 0.0995. The highest BCUT2D eigenvalue weighted by atomic mass is 16.5. The Morgan fingerprint density at radius 1 is 0.822 bits per heavy atom. The molecule has 0 radical (unpaired) electrons. The van der Waals surface area contributed by atoms with E-state index in [1.807, 2.05) is 0 Å². The van der Waals surface area contributed by atoms with E-state index in [2.05, 4.69) is 80.7 Å². The van der Waals surface area contributed by atoms with Crippen LogP contribution in [0.2, 0.25) is 0 Å². The number of benzene rings is 3. The van der Waals surface area contributed by atoms with Gasteiger partial charge in [-0.15, -0.1) is 0 Å². The van der Waals surface area contributed by atoms with Crippen LogP contribution in [-0.4, -0.2) is 36.9 Å². The summed E-state index contributed by atoms with van der Waals surface area (Å²) >= 11 is 0. The van der Waals surface area contributed by atoms with Crippen LogP contribution in [-0.2, 0) is 25.5 Å². The van der Waals surface area contributed by atoms with Gasteiger partial charge in [-0.25, -0.2) is 9.59 Å². The van der Waals surface area contributed by atoms with Crippen LogP contribution in [0, 0.1) is 11.8 Å². The number of hydrogen-bond donors (Lipinski definition) is 1. The third kappa shape index (κ3) is 9.89. The van der Waals surface area contributed by atoms with Gasteiger partial charge < -0.3 is 14.6 Å². The second kappa shape index (κ2) is 17.1. The first-order valence-electron chi connectivity index (χ1n) is 16.7. The predicted molar refractivity (Wildman–Crippen MR) is 183 cm³/mol. The summed E-state index contributed by atoms with van der Waals surface area (Å²) in [4.78, 5) is 23.9. The van der Waals surface area contributed by atoms with Crippen molar-refractivity contribution in [2.24, 2.45) is 11.8 Å². The lowest BCUT2D eigenvalue weighted by atomic mass is 9.72. The molecular formula is C40H50O5. The summed E-state index contributed by atoms with van der Waals surface area (Å²) in [5.41, 5.74) is 5.77. The average molecular weight is 611 g/mol. The average Bonchev–Trinajstić information content (AvgIpc) is 3.07. The van der Waals surface area contributed by atoms with Gasteiger partial charge in [-0.3, -0.25) is 0 Å². The molecule has 1 unspecified atom stereocenters. The van der Waals surface area contributed by atoms with E-state index in [0.29, 0.717) is 36.9 Å². The highest BCUT2D eigenvalue weighted by Gasteiger charge is 2.29. The van der Waals surface area contributed by atoms with Crippen LogP contribution in [0.15, 0.2) is 85.0 Å². The predicted octanol–water partition coefficient (Wildman–Crippen LogP) is 9.12. The van der Waals surface area contributed by atoms with Gasteiger partial charge >= 0.3 is 11.9 Å². The lowest BCUT2D eigenvalue weighted by Gasteiger charge is -2.34. The maximum atomic E-state index is 12.0. The maximum Gasteiger partial charge on any atom is 0.335 e. The number of fused-ring (bicyclic) bond motifs is 1. The van der Waals surface area contributed by atoms with Gasteiger partial charge in [0.1, 0.15) is 0 Å². The first-order chi connectivity index (χ1) is 21.8. The number of carbonyl (C=O) groups is 2. The number of rotatable bonds is 16. The third-order valence-electron chi connectivity index (χ3n) is 9.40. The van der Waals surface area contributed by atoms with Gasteiger partial charge in [0.05, 0.1) is 25.4 Å². The molecule has 1 fully saturated rings. The smallest absolute Gasteiger partial charge is 0.335 e. The van der Waals surface area contributed by atoms with Crippen LogP contribution < -0.4 is 0 Å². The van der Waals surface area contributed by atoms with Crippen molar-refractivity contribution in [1.82, 2.24) is 0 Å². The molecule has 0 heterocycles. The van der Waals surface area contributed by atoms with E-state index in [1.165, 1.54) is 52.3 Å². The van der Waals surface area contributed by atoms with Crippen molar-refractivity contribution in [1.29, 1.82) is 0 Å². The monoisotopic (exact) mass is 610 g/mol. The number of aliphatic hydroxyl groups is 1. The molecule has 0 aromatic heterocycles. The lowest BCUT2D eigenvalue weighted by molar-refractivity contribution is -0.140. The highest BCUT2D eigenvalue weighted by molar-refractivity contribution is 5.88. The largest absolute Gasteiger partial charge is 0.462 e. The fourth-order valence-electron chi connectivity index (χ4n) is 6.58. The minimum Gasteiger partial charge on any atom is -0.462 e. The molecule has 0 aliphatic heterocycles. The molecule has 0 spiro atoms. The lowest BCUT2D eigenvalue weighted by Crippen LogP contribution is -2.25. The third-order valence-corrected chi connectivity index (χ3v) is 9.40. The summed E-state index contributed by atoms with van der Waals surface area (Å²) < 4.78 is 10.8. The molecule has 0 amide bonds. The van der Waals surface area contributed by atoms with Crippen LogP contribution in [0.4, 0.5) is 0 Å². The standard InChI is InChI=1S/C40H50O5/c1-5-6-7-8-30-9-11-32(12-10-30)35-17-19-38-26-36(18-20-37(38)25-35)33-15-13-31(14-16-33)34(21-23-44-39(42)28(2)3)22-24-45-40(43)29(4)27-41/h9-12,17-20,25-26,31,33-34,41H,2,4-8,13-16,21-24,27H2,1,3H3. The Bertz CT molecular complexity index is 1450. The van der Waals surface area contributed by atoms with Crippen molar-refractivity contribution in [2.75, 3.05) is 19.8 Å². The molecule has 3 aromatic rings.